The highest BCUT2D eigenvalue weighted by atomic mass is 16.5. The molecule has 1 atom stereocenters. The number of fused-ring (bicyclic) bond motifs is 1. The molecule has 0 unspecified atom stereocenters. The van der Waals surface area contributed by atoms with Gasteiger partial charge in [0.1, 0.15) is 0 Å². The van der Waals surface area contributed by atoms with Crippen molar-refractivity contribution < 1.29 is 9.32 Å². The van der Waals surface area contributed by atoms with Crippen molar-refractivity contribution in [1.29, 1.82) is 0 Å². The molecule has 3 aromatic rings. The summed E-state index contributed by atoms with van der Waals surface area (Å²) in [7, 11) is 3.76. The summed E-state index contributed by atoms with van der Waals surface area (Å²) in [5.74, 6) is 0.962. The predicted molar refractivity (Wildman–Crippen MR) is 99.4 cm³/mol. The fourth-order valence-electron chi connectivity index (χ4n) is 3.40. The first kappa shape index (κ1) is 17.4. The Bertz CT molecular complexity index is 940. The number of aromatic nitrogens is 3. The van der Waals surface area contributed by atoms with Crippen molar-refractivity contribution in [2.75, 3.05) is 14.1 Å². The van der Waals surface area contributed by atoms with Gasteiger partial charge in [-0.05, 0) is 36.7 Å². The number of carbonyl (C=O) groups excluding carboxylic acids is 1. The summed E-state index contributed by atoms with van der Waals surface area (Å²) >= 11 is 0. The first-order valence-electron chi connectivity index (χ1n) is 8.87. The molecule has 0 radical (unpaired) electrons. The number of benzene rings is 1. The van der Waals surface area contributed by atoms with Gasteiger partial charge in [-0.3, -0.25) is 14.7 Å². The molecule has 0 bridgehead atoms. The third-order valence-corrected chi connectivity index (χ3v) is 4.92. The minimum Gasteiger partial charge on any atom is -0.337 e. The minimum absolute atomic E-state index is 0.0515. The van der Waals surface area contributed by atoms with Crippen LogP contribution in [0.2, 0.25) is 0 Å². The summed E-state index contributed by atoms with van der Waals surface area (Å²) in [6.07, 6.45) is 4.07. The monoisotopic (exact) mass is 363 g/mol. The molecular weight excluding hydrogens is 342 g/mol. The molecule has 1 aromatic carbocycles. The number of amides is 1. The Morgan fingerprint density at radius 2 is 1.96 bits per heavy atom. The number of hydrogen-bond donors (Lipinski definition) is 0. The molecule has 1 amide bonds. The molecule has 27 heavy (non-hydrogen) atoms. The van der Waals surface area contributed by atoms with Crippen LogP contribution in [0.1, 0.15) is 17.0 Å². The zero-order valence-corrected chi connectivity index (χ0v) is 15.4. The fourth-order valence-corrected chi connectivity index (χ4v) is 3.40. The van der Waals surface area contributed by atoms with Gasteiger partial charge in [0.05, 0.1) is 12.6 Å². The molecule has 7 heteroatoms. The van der Waals surface area contributed by atoms with Crippen LogP contribution in [0, 0.1) is 0 Å². The molecule has 0 fully saturated rings. The van der Waals surface area contributed by atoms with E-state index in [1.165, 1.54) is 11.1 Å². The van der Waals surface area contributed by atoms with Gasteiger partial charge in [0.2, 0.25) is 17.6 Å². The molecule has 1 aliphatic rings. The van der Waals surface area contributed by atoms with Crippen LogP contribution in [-0.2, 0) is 24.3 Å². The number of pyridine rings is 1. The van der Waals surface area contributed by atoms with Crippen LogP contribution >= 0.6 is 0 Å². The summed E-state index contributed by atoms with van der Waals surface area (Å²) in [6, 6.07) is 11.7. The number of nitrogens with zero attached hydrogens (tertiary/aromatic N) is 5. The number of rotatable bonds is 4. The summed E-state index contributed by atoms with van der Waals surface area (Å²) in [4.78, 5) is 25.1. The van der Waals surface area contributed by atoms with Crippen molar-refractivity contribution in [3.63, 3.8) is 0 Å². The van der Waals surface area contributed by atoms with E-state index in [0.29, 0.717) is 18.1 Å². The topological polar surface area (TPSA) is 75.4 Å². The van der Waals surface area contributed by atoms with Crippen LogP contribution in [0.3, 0.4) is 0 Å². The van der Waals surface area contributed by atoms with Crippen molar-refractivity contribution in [3.8, 4) is 11.4 Å². The molecule has 7 nitrogen and oxygen atoms in total. The van der Waals surface area contributed by atoms with Gasteiger partial charge < -0.3 is 9.42 Å². The zero-order valence-electron chi connectivity index (χ0n) is 15.4. The largest absolute Gasteiger partial charge is 0.337 e. The third-order valence-electron chi connectivity index (χ3n) is 4.92. The van der Waals surface area contributed by atoms with E-state index in [4.69, 9.17) is 4.52 Å². The van der Waals surface area contributed by atoms with Crippen molar-refractivity contribution in [2.45, 2.75) is 25.6 Å². The lowest BCUT2D eigenvalue weighted by Crippen LogP contribution is -2.48. The number of likely N-dealkylation sites (N-methyl/N-ethyl adjacent to an activating group) is 2. The lowest BCUT2D eigenvalue weighted by molar-refractivity contribution is -0.136. The molecule has 0 spiro atoms. The molecule has 1 aliphatic heterocycles. The Kier molecular flexibility index (Phi) is 4.68. The van der Waals surface area contributed by atoms with E-state index < -0.39 is 0 Å². The Morgan fingerprint density at radius 1 is 1.22 bits per heavy atom. The van der Waals surface area contributed by atoms with Crippen LogP contribution in [0.5, 0.6) is 0 Å². The molecular formula is C20H21N5O2. The third kappa shape index (κ3) is 3.59. The first-order chi connectivity index (χ1) is 13.1. The molecule has 3 heterocycles. The minimum atomic E-state index is -0.188. The second-order valence-corrected chi connectivity index (χ2v) is 6.85. The standard InChI is InChI=1S/C20H21N5O2/c1-24-12-16-6-4-3-5-15(16)11-17(24)20(26)25(2)13-18-22-19(23-27-18)14-7-9-21-10-8-14/h3-10,17H,11-13H2,1-2H3/t17-/m0/s1. The first-order valence-corrected chi connectivity index (χ1v) is 8.87. The van der Waals surface area contributed by atoms with Gasteiger partial charge in [-0.25, -0.2) is 0 Å². The second-order valence-electron chi connectivity index (χ2n) is 6.85. The van der Waals surface area contributed by atoms with Crippen molar-refractivity contribution in [3.05, 3.63) is 65.8 Å². The van der Waals surface area contributed by atoms with Gasteiger partial charge in [-0.2, -0.15) is 4.98 Å². The van der Waals surface area contributed by atoms with Crippen LogP contribution in [0.25, 0.3) is 11.4 Å². The van der Waals surface area contributed by atoms with Gasteiger partial charge in [0.25, 0.3) is 0 Å². The summed E-state index contributed by atoms with van der Waals surface area (Å²) < 4.78 is 5.32. The van der Waals surface area contributed by atoms with E-state index in [0.717, 1.165) is 12.1 Å². The maximum atomic E-state index is 13.0. The maximum Gasteiger partial charge on any atom is 0.246 e. The Hall–Kier alpha value is -3.06. The fraction of sp³-hybridized carbons (Fsp3) is 0.300. The highest BCUT2D eigenvalue weighted by Crippen LogP contribution is 2.23. The summed E-state index contributed by atoms with van der Waals surface area (Å²) in [5.41, 5.74) is 3.35. The zero-order chi connectivity index (χ0) is 18.8. The van der Waals surface area contributed by atoms with E-state index in [2.05, 4.69) is 32.2 Å². The lowest BCUT2D eigenvalue weighted by Gasteiger charge is -2.35. The van der Waals surface area contributed by atoms with Gasteiger partial charge in [-0.15, -0.1) is 0 Å². The quantitative estimate of drug-likeness (QED) is 0.707. The number of hydrogen-bond acceptors (Lipinski definition) is 6. The molecule has 0 saturated carbocycles. The molecule has 0 N–H and O–H groups in total. The second kappa shape index (κ2) is 7.28. The number of carbonyl (C=O) groups is 1. The smallest absolute Gasteiger partial charge is 0.246 e. The van der Waals surface area contributed by atoms with E-state index in [1.807, 2.05) is 31.3 Å². The van der Waals surface area contributed by atoms with E-state index in [1.54, 1.807) is 24.3 Å². The van der Waals surface area contributed by atoms with Crippen LogP contribution < -0.4 is 0 Å². The molecule has 4 rings (SSSR count). The van der Waals surface area contributed by atoms with Gasteiger partial charge in [0.15, 0.2) is 0 Å². The molecule has 138 valence electrons. The van der Waals surface area contributed by atoms with E-state index in [9.17, 15) is 4.79 Å². The van der Waals surface area contributed by atoms with Gasteiger partial charge >= 0.3 is 0 Å². The normalized spacial score (nSPS) is 16.7. The van der Waals surface area contributed by atoms with Crippen molar-refractivity contribution in [1.82, 2.24) is 24.9 Å². The highest BCUT2D eigenvalue weighted by Gasteiger charge is 2.31. The van der Waals surface area contributed by atoms with Crippen LogP contribution in [0.15, 0.2) is 53.3 Å². The molecule has 2 aromatic heterocycles. The van der Waals surface area contributed by atoms with Crippen molar-refractivity contribution >= 4 is 5.91 Å². The average molecular weight is 363 g/mol. The van der Waals surface area contributed by atoms with Crippen molar-refractivity contribution in [2.24, 2.45) is 0 Å². The predicted octanol–water partition coefficient (Wildman–Crippen LogP) is 2.15. The van der Waals surface area contributed by atoms with Gasteiger partial charge in [-0.1, -0.05) is 29.4 Å². The molecule has 0 aliphatic carbocycles. The maximum absolute atomic E-state index is 13.0. The SMILES string of the molecule is CN(Cc1nc(-c2ccncc2)no1)C(=O)[C@@H]1Cc2ccccc2CN1C. The Labute approximate surface area is 157 Å². The highest BCUT2D eigenvalue weighted by molar-refractivity contribution is 5.82. The Morgan fingerprint density at radius 3 is 2.74 bits per heavy atom. The van der Waals surface area contributed by atoms with E-state index in [-0.39, 0.29) is 18.5 Å². The van der Waals surface area contributed by atoms with E-state index >= 15 is 0 Å². The lowest BCUT2D eigenvalue weighted by atomic mass is 9.94. The average Bonchev–Trinajstić information content (AvgIpc) is 3.16. The summed E-state index contributed by atoms with van der Waals surface area (Å²) in [6.45, 7) is 1.05. The van der Waals surface area contributed by atoms with Gasteiger partial charge in [0, 0.05) is 31.5 Å². The van der Waals surface area contributed by atoms with Crippen LogP contribution in [0.4, 0.5) is 0 Å². The van der Waals surface area contributed by atoms with Crippen LogP contribution in [-0.4, -0.2) is 51.0 Å². The summed E-state index contributed by atoms with van der Waals surface area (Å²) in [5, 5.41) is 3.99. The Balaban J connectivity index is 1.45. The molecule has 0 saturated heterocycles.